The maximum absolute atomic E-state index is 10.9. The van der Waals surface area contributed by atoms with Gasteiger partial charge < -0.3 is 14.4 Å². The number of carbonyl (C=O) groups is 2. The molecule has 0 heterocycles. The molecule has 1 atom stereocenters. The van der Waals surface area contributed by atoms with Gasteiger partial charge in [0.2, 0.25) is 0 Å². The molecule has 0 aromatic rings. The largest absolute Gasteiger partial charge is 0.453 e. The number of ether oxygens (including phenoxy) is 1. The molecular weight excluding hydrogens is 158 g/mol. The normalized spacial score (nSPS) is 11.9. The summed E-state index contributed by atoms with van der Waals surface area (Å²) in [7, 11) is 2.99. The summed E-state index contributed by atoms with van der Waals surface area (Å²) >= 11 is 0. The Morgan fingerprint density at radius 1 is 1.67 bits per heavy atom. The van der Waals surface area contributed by atoms with E-state index in [4.69, 9.17) is 0 Å². The van der Waals surface area contributed by atoms with Crippen LogP contribution in [0.2, 0.25) is 0 Å². The van der Waals surface area contributed by atoms with Crippen LogP contribution in [0.25, 0.3) is 0 Å². The van der Waals surface area contributed by atoms with Crippen LogP contribution in [-0.2, 0) is 9.53 Å². The van der Waals surface area contributed by atoms with Gasteiger partial charge in [-0.2, -0.15) is 0 Å². The lowest BCUT2D eigenvalue weighted by Gasteiger charge is -2.22. The van der Waals surface area contributed by atoms with E-state index in [1.807, 2.05) is 6.92 Å². The average molecular weight is 173 g/mol. The first kappa shape index (κ1) is 10.9. The van der Waals surface area contributed by atoms with Crippen LogP contribution in [0.1, 0.15) is 19.8 Å². The SMILES string of the molecule is COC(=O)N(C)C(C)CCC=O. The van der Waals surface area contributed by atoms with Crippen molar-refractivity contribution in [2.24, 2.45) is 0 Å². The van der Waals surface area contributed by atoms with Gasteiger partial charge in [-0.1, -0.05) is 0 Å². The lowest BCUT2D eigenvalue weighted by Crippen LogP contribution is -2.34. The Bertz CT molecular complexity index is 158. The summed E-state index contributed by atoms with van der Waals surface area (Å²) in [5.41, 5.74) is 0. The third-order valence-corrected chi connectivity index (χ3v) is 1.83. The Hall–Kier alpha value is -1.06. The van der Waals surface area contributed by atoms with E-state index in [1.54, 1.807) is 7.05 Å². The van der Waals surface area contributed by atoms with Crippen molar-refractivity contribution in [2.75, 3.05) is 14.2 Å². The molecule has 4 heteroatoms. The van der Waals surface area contributed by atoms with E-state index >= 15 is 0 Å². The van der Waals surface area contributed by atoms with E-state index in [0.29, 0.717) is 12.8 Å². The van der Waals surface area contributed by atoms with E-state index in [9.17, 15) is 9.59 Å². The fourth-order valence-electron chi connectivity index (χ4n) is 0.827. The van der Waals surface area contributed by atoms with Gasteiger partial charge >= 0.3 is 6.09 Å². The number of nitrogens with zero attached hydrogens (tertiary/aromatic N) is 1. The smallest absolute Gasteiger partial charge is 0.409 e. The molecule has 0 fully saturated rings. The monoisotopic (exact) mass is 173 g/mol. The fraction of sp³-hybridized carbons (Fsp3) is 0.750. The van der Waals surface area contributed by atoms with Crippen molar-refractivity contribution < 1.29 is 14.3 Å². The van der Waals surface area contributed by atoms with Gasteiger partial charge in [0.05, 0.1) is 7.11 Å². The van der Waals surface area contributed by atoms with Crippen LogP contribution in [0, 0.1) is 0 Å². The van der Waals surface area contributed by atoms with Crippen LogP contribution < -0.4 is 0 Å². The number of hydrogen-bond acceptors (Lipinski definition) is 3. The molecule has 0 spiro atoms. The first-order valence-electron chi connectivity index (χ1n) is 3.88. The van der Waals surface area contributed by atoms with Gasteiger partial charge in [-0.25, -0.2) is 4.79 Å². The third-order valence-electron chi connectivity index (χ3n) is 1.83. The molecule has 0 aromatic heterocycles. The molecule has 0 bridgehead atoms. The molecule has 0 aliphatic carbocycles. The van der Waals surface area contributed by atoms with E-state index in [2.05, 4.69) is 4.74 Å². The first-order chi connectivity index (χ1) is 5.63. The summed E-state index contributed by atoms with van der Waals surface area (Å²) in [5, 5.41) is 0. The predicted molar refractivity (Wildman–Crippen MR) is 44.9 cm³/mol. The van der Waals surface area contributed by atoms with Crippen molar-refractivity contribution in [3.63, 3.8) is 0 Å². The van der Waals surface area contributed by atoms with Crippen LogP contribution in [0.3, 0.4) is 0 Å². The van der Waals surface area contributed by atoms with E-state index in [-0.39, 0.29) is 12.1 Å². The second kappa shape index (κ2) is 5.57. The molecule has 70 valence electrons. The molecule has 0 N–H and O–H groups in total. The lowest BCUT2D eigenvalue weighted by atomic mass is 10.2. The summed E-state index contributed by atoms with van der Waals surface area (Å²) in [6.07, 6.45) is 1.63. The van der Waals surface area contributed by atoms with Crippen molar-refractivity contribution in [2.45, 2.75) is 25.8 Å². The molecule has 1 amide bonds. The fourth-order valence-corrected chi connectivity index (χ4v) is 0.827. The molecule has 0 saturated heterocycles. The van der Waals surface area contributed by atoms with Crippen molar-refractivity contribution in [1.82, 2.24) is 4.90 Å². The number of rotatable bonds is 4. The number of amides is 1. The Morgan fingerprint density at radius 3 is 2.67 bits per heavy atom. The molecule has 1 unspecified atom stereocenters. The van der Waals surface area contributed by atoms with Gasteiger partial charge in [-0.15, -0.1) is 0 Å². The van der Waals surface area contributed by atoms with Gasteiger partial charge in [-0.05, 0) is 13.3 Å². The van der Waals surface area contributed by atoms with Crippen molar-refractivity contribution >= 4 is 12.4 Å². The summed E-state index contributed by atoms with van der Waals surface area (Å²) in [4.78, 5) is 22.4. The summed E-state index contributed by atoms with van der Waals surface area (Å²) < 4.78 is 4.51. The second-order valence-electron chi connectivity index (χ2n) is 2.67. The number of hydrogen-bond donors (Lipinski definition) is 0. The van der Waals surface area contributed by atoms with Crippen molar-refractivity contribution in [3.8, 4) is 0 Å². The Balaban J connectivity index is 3.82. The first-order valence-corrected chi connectivity index (χ1v) is 3.88. The standard InChI is InChI=1S/C8H15NO3/c1-7(5-4-6-10)9(2)8(11)12-3/h6-7H,4-5H2,1-3H3. The second-order valence-corrected chi connectivity index (χ2v) is 2.67. The van der Waals surface area contributed by atoms with Crippen LogP contribution in [0.4, 0.5) is 4.79 Å². The Labute approximate surface area is 72.5 Å². The minimum atomic E-state index is -0.367. The molecule has 4 nitrogen and oxygen atoms in total. The maximum atomic E-state index is 10.9. The molecule has 0 rings (SSSR count). The van der Waals surface area contributed by atoms with Crippen molar-refractivity contribution in [3.05, 3.63) is 0 Å². The minimum absolute atomic E-state index is 0.0441. The van der Waals surface area contributed by atoms with E-state index in [0.717, 1.165) is 6.29 Å². The molecule has 0 aliphatic rings. The molecular formula is C8H15NO3. The lowest BCUT2D eigenvalue weighted by molar-refractivity contribution is -0.108. The molecule has 0 saturated carbocycles. The highest BCUT2D eigenvalue weighted by Crippen LogP contribution is 2.04. The topological polar surface area (TPSA) is 46.6 Å². The Morgan fingerprint density at radius 2 is 2.25 bits per heavy atom. The van der Waals surface area contributed by atoms with E-state index in [1.165, 1.54) is 12.0 Å². The summed E-state index contributed by atoms with van der Waals surface area (Å²) in [6.45, 7) is 1.88. The molecule has 0 aliphatic heterocycles. The molecule has 0 aromatic carbocycles. The maximum Gasteiger partial charge on any atom is 0.409 e. The summed E-state index contributed by atoms with van der Waals surface area (Å²) in [6, 6.07) is 0.0441. The highest BCUT2D eigenvalue weighted by atomic mass is 16.5. The predicted octanol–water partition coefficient (Wildman–Crippen LogP) is 1.05. The molecule has 0 radical (unpaired) electrons. The van der Waals surface area contributed by atoms with Gasteiger partial charge in [-0.3, -0.25) is 0 Å². The van der Waals surface area contributed by atoms with Crippen LogP contribution in [-0.4, -0.2) is 37.5 Å². The minimum Gasteiger partial charge on any atom is -0.453 e. The number of carbonyl (C=O) groups excluding carboxylic acids is 2. The zero-order chi connectivity index (χ0) is 9.56. The average Bonchev–Trinajstić information content (AvgIpc) is 2.11. The third kappa shape index (κ3) is 3.37. The zero-order valence-corrected chi connectivity index (χ0v) is 7.74. The quantitative estimate of drug-likeness (QED) is 0.597. The number of aldehydes is 1. The van der Waals surface area contributed by atoms with Gasteiger partial charge in [0.1, 0.15) is 6.29 Å². The Kier molecular flexibility index (Phi) is 5.08. The van der Waals surface area contributed by atoms with Gasteiger partial charge in [0.25, 0.3) is 0 Å². The van der Waals surface area contributed by atoms with Crippen LogP contribution in [0.15, 0.2) is 0 Å². The molecule has 12 heavy (non-hydrogen) atoms. The summed E-state index contributed by atoms with van der Waals surface area (Å²) in [5.74, 6) is 0. The zero-order valence-electron chi connectivity index (χ0n) is 7.74. The van der Waals surface area contributed by atoms with Gasteiger partial charge in [0.15, 0.2) is 0 Å². The highest BCUT2D eigenvalue weighted by molar-refractivity contribution is 5.67. The van der Waals surface area contributed by atoms with Crippen LogP contribution >= 0.6 is 0 Å². The van der Waals surface area contributed by atoms with Crippen molar-refractivity contribution in [1.29, 1.82) is 0 Å². The van der Waals surface area contributed by atoms with E-state index < -0.39 is 0 Å². The van der Waals surface area contributed by atoms with Gasteiger partial charge in [0, 0.05) is 19.5 Å². The van der Waals surface area contributed by atoms with Crippen LogP contribution in [0.5, 0.6) is 0 Å². The number of methoxy groups -OCH3 is 1. The highest BCUT2D eigenvalue weighted by Gasteiger charge is 2.14.